The Bertz CT molecular complexity index is 508. The summed E-state index contributed by atoms with van der Waals surface area (Å²) in [4.78, 5) is 14.9. The number of hydrogen-bond acceptors (Lipinski definition) is 3. The molecule has 2 aliphatic rings. The first kappa shape index (κ1) is 15.2. The van der Waals surface area contributed by atoms with E-state index in [0.29, 0.717) is 5.91 Å². The van der Waals surface area contributed by atoms with E-state index in [1.165, 1.54) is 5.56 Å². The molecule has 21 heavy (non-hydrogen) atoms. The summed E-state index contributed by atoms with van der Waals surface area (Å²) in [6.45, 7) is 0.836. The molecule has 2 N–H and O–H groups in total. The van der Waals surface area contributed by atoms with E-state index in [-0.39, 0.29) is 18.0 Å². The lowest BCUT2D eigenvalue weighted by atomic mass is 10.0. The van der Waals surface area contributed by atoms with Gasteiger partial charge in [-0.1, -0.05) is 23.7 Å². The first-order valence-electron chi connectivity index (χ1n) is 7.54. The van der Waals surface area contributed by atoms with Gasteiger partial charge >= 0.3 is 0 Å². The zero-order valence-electron chi connectivity index (χ0n) is 12.0. The summed E-state index contributed by atoms with van der Waals surface area (Å²) in [7, 11) is 0. The average Bonchev–Trinajstić information content (AvgIpc) is 2.94. The van der Waals surface area contributed by atoms with Gasteiger partial charge in [0.05, 0.1) is 6.04 Å². The second kappa shape index (κ2) is 6.59. The summed E-state index contributed by atoms with van der Waals surface area (Å²) in [5, 5.41) is 0.738. The zero-order valence-corrected chi connectivity index (χ0v) is 13.6. The third kappa shape index (κ3) is 3.38. The van der Waals surface area contributed by atoms with Crippen molar-refractivity contribution < 1.29 is 4.79 Å². The standard InChI is InChI=1S/C16H21ClN2OS/c17-13-4-1-11(2-5-13)15-10-21-8-7-19(15)16(20)12-3-6-14(18)9-12/h1-2,4-5,12,14-15H,3,6-10,18H2. The van der Waals surface area contributed by atoms with Crippen molar-refractivity contribution in [2.24, 2.45) is 11.7 Å². The van der Waals surface area contributed by atoms with Gasteiger partial charge in [-0.25, -0.2) is 0 Å². The van der Waals surface area contributed by atoms with Gasteiger partial charge in [-0.05, 0) is 37.0 Å². The molecule has 1 aromatic rings. The topological polar surface area (TPSA) is 46.3 Å². The van der Waals surface area contributed by atoms with Gasteiger partial charge in [0.25, 0.3) is 0 Å². The Morgan fingerprint density at radius 2 is 2.05 bits per heavy atom. The van der Waals surface area contributed by atoms with Crippen molar-refractivity contribution in [1.82, 2.24) is 4.90 Å². The predicted octanol–water partition coefficient (Wildman–Crippen LogP) is 3.08. The number of halogens is 1. The number of carbonyl (C=O) groups is 1. The van der Waals surface area contributed by atoms with Gasteiger partial charge in [0, 0.05) is 35.0 Å². The quantitative estimate of drug-likeness (QED) is 0.909. The van der Waals surface area contributed by atoms with Crippen molar-refractivity contribution in [1.29, 1.82) is 0 Å². The van der Waals surface area contributed by atoms with Gasteiger partial charge in [-0.15, -0.1) is 0 Å². The highest BCUT2D eigenvalue weighted by molar-refractivity contribution is 7.99. The van der Waals surface area contributed by atoms with Gasteiger partial charge in [-0.2, -0.15) is 11.8 Å². The minimum atomic E-state index is 0.123. The summed E-state index contributed by atoms with van der Waals surface area (Å²) >= 11 is 7.88. The molecule has 1 saturated heterocycles. The maximum atomic E-state index is 12.8. The molecule has 1 aliphatic carbocycles. The van der Waals surface area contributed by atoms with E-state index in [0.717, 1.165) is 42.3 Å². The lowest BCUT2D eigenvalue weighted by molar-refractivity contribution is -0.137. The molecule has 114 valence electrons. The van der Waals surface area contributed by atoms with Crippen molar-refractivity contribution >= 4 is 29.3 Å². The molecule has 3 unspecified atom stereocenters. The van der Waals surface area contributed by atoms with E-state index in [1.807, 2.05) is 36.0 Å². The Kier molecular flexibility index (Phi) is 4.77. The molecule has 0 radical (unpaired) electrons. The Hall–Kier alpha value is -0.710. The van der Waals surface area contributed by atoms with Crippen LogP contribution < -0.4 is 5.73 Å². The van der Waals surface area contributed by atoms with Gasteiger partial charge in [-0.3, -0.25) is 4.79 Å². The molecule has 3 atom stereocenters. The van der Waals surface area contributed by atoms with Crippen LogP contribution in [0.1, 0.15) is 30.9 Å². The van der Waals surface area contributed by atoms with Crippen LogP contribution in [0.2, 0.25) is 5.02 Å². The highest BCUT2D eigenvalue weighted by Gasteiger charge is 2.35. The lowest BCUT2D eigenvalue weighted by Crippen LogP contribution is -2.43. The molecule has 3 rings (SSSR count). The SMILES string of the molecule is NC1CCC(C(=O)N2CCSCC2c2ccc(Cl)cc2)C1. The number of thioether (sulfide) groups is 1. The Balaban J connectivity index is 1.78. The zero-order chi connectivity index (χ0) is 14.8. The fourth-order valence-electron chi connectivity index (χ4n) is 3.30. The van der Waals surface area contributed by atoms with Crippen LogP contribution in [-0.2, 0) is 4.79 Å². The summed E-state index contributed by atoms with van der Waals surface area (Å²) in [5.41, 5.74) is 7.15. The minimum Gasteiger partial charge on any atom is -0.334 e. The van der Waals surface area contributed by atoms with Crippen LogP contribution in [0.3, 0.4) is 0 Å². The normalized spacial score (nSPS) is 29.6. The molecule has 0 spiro atoms. The minimum absolute atomic E-state index is 0.123. The number of hydrogen-bond donors (Lipinski definition) is 1. The molecular weight excluding hydrogens is 304 g/mol. The fourth-order valence-corrected chi connectivity index (χ4v) is 4.52. The fraction of sp³-hybridized carbons (Fsp3) is 0.562. The first-order chi connectivity index (χ1) is 10.1. The van der Waals surface area contributed by atoms with Crippen molar-refractivity contribution in [2.75, 3.05) is 18.1 Å². The van der Waals surface area contributed by atoms with Crippen molar-refractivity contribution in [3.05, 3.63) is 34.9 Å². The Morgan fingerprint density at radius 3 is 2.71 bits per heavy atom. The molecule has 0 bridgehead atoms. The first-order valence-corrected chi connectivity index (χ1v) is 9.07. The van der Waals surface area contributed by atoms with Crippen molar-refractivity contribution in [2.45, 2.75) is 31.3 Å². The molecule has 1 aliphatic heterocycles. The van der Waals surface area contributed by atoms with Crippen LogP contribution >= 0.6 is 23.4 Å². The molecule has 0 aromatic heterocycles. The summed E-state index contributed by atoms with van der Waals surface area (Å²) in [6.07, 6.45) is 2.76. The van der Waals surface area contributed by atoms with Gasteiger partial charge in [0.2, 0.25) is 5.91 Å². The summed E-state index contributed by atoms with van der Waals surface area (Å²) in [5.74, 6) is 2.40. The van der Waals surface area contributed by atoms with Crippen LogP contribution in [0, 0.1) is 5.92 Å². The van der Waals surface area contributed by atoms with Crippen molar-refractivity contribution in [3.8, 4) is 0 Å². The molecule has 3 nitrogen and oxygen atoms in total. The number of nitrogens with zero attached hydrogens (tertiary/aromatic N) is 1. The van der Waals surface area contributed by atoms with Crippen molar-refractivity contribution in [3.63, 3.8) is 0 Å². The Morgan fingerprint density at radius 1 is 1.29 bits per heavy atom. The van der Waals surface area contributed by atoms with E-state index in [2.05, 4.69) is 4.90 Å². The van der Waals surface area contributed by atoms with Crippen LogP contribution in [0.25, 0.3) is 0 Å². The monoisotopic (exact) mass is 324 g/mol. The molecule has 1 aromatic carbocycles. The van der Waals surface area contributed by atoms with Gasteiger partial charge in [0.1, 0.15) is 0 Å². The van der Waals surface area contributed by atoms with E-state index in [4.69, 9.17) is 17.3 Å². The second-order valence-electron chi connectivity index (χ2n) is 5.94. The third-order valence-electron chi connectivity index (χ3n) is 4.49. The van der Waals surface area contributed by atoms with E-state index >= 15 is 0 Å². The smallest absolute Gasteiger partial charge is 0.226 e. The molecule has 1 saturated carbocycles. The number of carbonyl (C=O) groups excluding carboxylic acids is 1. The number of amides is 1. The highest BCUT2D eigenvalue weighted by Crippen LogP contribution is 2.34. The number of benzene rings is 1. The average molecular weight is 325 g/mol. The van der Waals surface area contributed by atoms with Gasteiger partial charge < -0.3 is 10.6 Å². The van der Waals surface area contributed by atoms with E-state index < -0.39 is 0 Å². The maximum absolute atomic E-state index is 12.8. The highest BCUT2D eigenvalue weighted by atomic mass is 35.5. The van der Waals surface area contributed by atoms with Crippen LogP contribution in [-0.4, -0.2) is 34.9 Å². The third-order valence-corrected chi connectivity index (χ3v) is 5.76. The predicted molar refractivity (Wildman–Crippen MR) is 88.5 cm³/mol. The Labute approximate surface area is 135 Å². The van der Waals surface area contributed by atoms with Crippen LogP contribution in [0.15, 0.2) is 24.3 Å². The molecular formula is C16H21ClN2OS. The molecule has 2 fully saturated rings. The lowest BCUT2D eigenvalue weighted by Gasteiger charge is -2.37. The molecule has 5 heteroatoms. The molecule has 1 heterocycles. The van der Waals surface area contributed by atoms with Crippen LogP contribution in [0.5, 0.6) is 0 Å². The largest absolute Gasteiger partial charge is 0.334 e. The summed E-state index contributed by atoms with van der Waals surface area (Å²) < 4.78 is 0. The summed E-state index contributed by atoms with van der Waals surface area (Å²) in [6, 6.07) is 8.27. The second-order valence-corrected chi connectivity index (χ2v) is 7.53. The number of rotatable bonds is 2. The van der Waals surface area contributed by atoms with Crippen LogP contribution in [0.4, 0.5) is 0 Å². The number of nitrogens with two attached hydrogens (primary N) is 1. The van der Waals surface area contributed by atoms with E-state index in [1.54, 1.807) is 0 Å². The molecule has 1 amide bonds. The maximum Gasteiger partial charge on any atom is 0.226 e. The van der Waals surface area contributed by atoms with E-state index in [9.17, 15) is 4.79 Å². The van der Waals surface area contributed by atoms with Gasteiger partial charge in [0.15, 0.2) is 0 Å².